The number of para-hydroxylation sites is 1. The van der Waals surface area contributed by atoms with Crippen LogP contribution in [-0.4, -0.2) is 32.6 Å². The summed E-state index contributed by atoms with van der Waals surface area (Å²) in [7, 11) is 0. The summed E-state index contributed by atoms with van der Waals surface area (Å²) in [6, 6.07) is 6.11. The van der Waals surface area contributed by atoms with Crippen LogP contribution in [0.4, 0.5) is 0 Å². The Bertz CT molecular complexity index is 1020. The second-order valence-corrected chi connectivity index (χ2v) is 6.08. The van der Waals surface area contributed by atoms with Crippen LogP contribution in [-0.2, 0) is 16.1 Å². The number of carbonyl (C=O) groups excluding carboxylic acids is 1. The Hall–Kier alpha value is -3.16. The van der Waals surface area contributed by atoms with Gasteiger partial charge in [-0.15, -0.1) is 0 Å². The highest BCUT2D eigenvalue weighted by atomic mass is 16.4. The van der Waals surface area contributed by atoms with Gasteiger partial charge in [-0.3, -0.25) is 14.2 Å². The molecule has 0 aliphatic carbocycles. The van der Waals surface area contributed by atoms with Crippen molar-refractivity contribution >= 4 is 33.9 Å². The molecule has 0 saturated carbocycles. The quantitative estimate of drug-likeness (QED) is 0.723. The lowest BCUT2D eigenvalue weighted by Gasteiger charge is -2.18. The van der Waals surface area contributed by atoms with Crippen molar-refractivity contribution in [3.63, 3.8) is 0 Å². The molecule has 0 fully saturated rings. The molecule has 8 nitrogen and oxygen atoms in total. The highest BCUT2D eigenvalue weighted by Crippen LogP contribution is 2.23. The van der Waals surface area contributed by atoms with Gasteiger partial charge in [-0.1, -0.05) is 26.0 Å². The highest BCUT2D eigenvalue weighted by molar-refractivity contribution is 6.01. The lowest BCUT2D eigenvalue weighted by molar-refractivity contribution is -0.143. The molecular formula is C17H17N3O5. The van der Waals surface area contributed by atoms with Gasteiger partial charge >= 0.3 is 5.97 Å². The number of nitrogens with one attached hydrogen (secondary N) is 1. The van der Waals surface area contributed by atoms with Gasteiger partial charge < -0.3 is 14.8 Å². The Kier molecular flexibility index (Phi) is 4.26. The monoisotopic (exact) mass is 343 g/mol. The number of amides is 1. The Morgan fingerprint density at radius 1 is 1.32 bits per heavy atom. The van der Waals surface area contributed by atoms with Gasteiger partial charge in [-0.05, 0) is 18.1 Å². The number of carboxylic acid groups (broad SMARTS) is 1. The number of aromatic nitrogens is 2. The summed E-state index contributed by atoms with van der Waals surface area (Å²) in [4.78, 5) is 40.0. The molecule has 2 heterocycles. The normalized spacial score (nSPS) is 12.6. The maximum Gasteiger partial charge on any atom is 0.326 e. The molecule has 0 aliphatic heterocycles. The average Bonchev–Trinajstić information content (AvgIpc) is 2.94. The van der Waals surface area contributed by atoms with Crippen LogP contribution >= 0.6 is 0 Å². The Morgan fingerprint density at radius 3 is 2.72 bits per heavy atom. The van der Waals surface area contributed by atoms with E-state index >= 15 is 0 Å². The first-order chi connectivity index (χ1) is 11.9. The Morgan fingerprint density at radius 2 is 2.04 bits per heavy atom. The fourth-order valence-electron chi connectivity index (χ4n) is 2.62. The lowest BCUT2D eigenvalue weighted by Crippen LogP contribution is -2.46. The SMILES string of the molecule is CC(C)[C@@H](NC(=O)Cn1cnc2c(oc3ccccc32)c1=O)C(=O)O. The standard InChI is InChI=1S/C17H17N3O5/c1-9(2)13(17(23)24)19-12(21)7-20-8-18-14-10-5-3-4-6-11(10)25-15(14)16(20)22/h3-6,8-9,13H,7H2,1-2H3,(H,19,21)(H,23,24)/t13-/m1/s1. The average molecular weight is 343 g/mol. The van der Waals surface area contributed by atoms with Crippen LogP contribution < -0.4 is 10.9 Å². The molecule has 3 rings (SSSR count). The predicted molar refractivity (Wildman–Crippen MR) is 90.2 cm³/mol. The number of fused-ring (bicyclic) bond motifs is 3. The second-order valence-electron chi connectivity index (χ2n) is 6.08. The molecule has 8 heteroatoms. The van der Waals surface area contributed by atoms with Crippen molar-refractivity contribution in [2.45, 2.75) is 26.4 Å². The number of furan rings is 1. The van der Waals surface area contributed by atoms with Crippen LogP contribution in [0.1, 0.15) is 13.8 Å². The zero-order valence-electron chi connectivity index (χ0n) is 13.7. The second kappa shape index (κ2) is 6.39. The molecule has 1 atom stereocenters. The van der Waals surface area contributed by atoms with Gasteiger partial charge in [-0.25, -0.2) is 9.78 Å². The number of carboxylic acids is 1. The molecule has 3 aromatic rings. The van der Waals surface area contributed by atoms with E-state index < -0.39 is 23.5 Å². The zero-order chi connectivity index (χ0) is 18.1. The fraction of sp³-hybridized carbons (Fsp3) is 0.294. The van der Waals surface area contributed by atoms with Crippen LogP contribution in [0.15, 0.2) is 39.8 Å². The largest absolute Gasteiger partial charge is 0.480 e. The maximum atomic E-state index is 12.5. The molecule has 2 N–H and O–H groups in total. The predicted octanol–water partition coefficient (Wildman–Crippen LogP) is 1.37. The first kappa shape index (κ1) is 16.7. The van der Waals surface area contributed by atoms with E-state index in [1.54, 1.807) is 32.0 Å². The van der Waals surface area contributed by atoms with Crippen LogP contribution in [0, 0.1) is 5.92 Å². The van der Waals surface area contributed by atoms with Gasteiger partial charge in [0.05, 0.1) is 6.33 Å². The van der Waals surface area contributed by atoms with E-state index in [-0.39, 0.29) is 18.0 Å². The molecule has 0 spiro atoms. The number of hydrogen-bond acceptors (Lipinski definition) is 5. The van der Waals surface area contributed by atoms with Crippen molar-refractivity contribution in [1.82, 2.24) is 14.9 Å². The molecule has 2 aromatic heterocycles. The summed E-state index contributed by atoms with van der Waals surface area (Å²) in [5.41, 5.74) is 0.542. The van der Waals surface area contributed by atoms with Gasteiger partial charge in [0, 0.05) is 5.39 Å². The lowest BCUT2D eigenvalue weighted by atomic mass is 10.1. The first-order valence-corrected chi connectivity index (χ1v) is 7.77. The third-order valence-electron chi connectivity index (χ3n) is 3.91. The smallest absolute Gasteiger partial charge is 0.326 e. The van der Waals surface area contributed by atoms with E-state index in [2.05, 4.69) is 10.3 Å². The van der Waals surface area contributed by atoms with Crippen molar-refractivity contribution in [2.24, 2.45) is 5.92 Å². The zero-order valence-corrected chi connectivity index (χ0v) is 13.7. The van der Waals surface area contributed by atoms with Crippen molar-refractivity contribution in [2.75, 3.05) is 0 Å². The van der Waals surface area contributed by atoms with E-state index in [0.29, 0.717) is 11.1 Å². The van der Waals surface area contributed by atoms with E-state index in [1.807, 2.05) is 6.07 Å². The van der Waals surface area contributed by atoms with Gasteiger partial charge in [0.2, 0.25) is 11.5 Å². The van der Waals surface area contributed by atoms with Crippen molar-refractivity contribution < 1.29 is 19.1 Å². The number of aliphatic carboxylic acids is 1. The van der Waals surface area contributed by atoms with Crippen molar-refractivity contribution in [1.29, 1.82) is 0 Å². The summed E-state index contributed by atoms with van der Waals surface area (Å²) in [5, 5.41) is 12.3. The minimum Gasteiger partial charge on any atom is -0.480 e. The minimum absolute atomic E-state index is 0.0649. The van der Waals surface area contributed by atoms with E-state index in [1.165, 1.54) is 6.33 Å². The molecule has 0 aliphatic rings. The topological polar surface area (TPSA) is 114 Å². The van der Waals surface area contributed by atoms with Crippen molar-refractivity contribution in [3.05, 3.63) is 40.9 Å². The number of hydrogen-bond donors (Lipinski definition) is 2. The van der Waals surface area contributed by atoms with Gasteiger partial charge in [-0.2, -0.15) is 0 Å². The molecule has 130 valence electrons. The number of rotatable bonds is 5. The summed E-state index contributed by atoms with van der Waals surface area (Å²) < 4.78 is 6.64. The molecule has 1 aromatic carbocycles. The third-order valence-corrected chi connectivity index (χ3v) is 3.91. The van der Waals surface area contributed by atoms with E-state index in [9.17, 15) is 14.4 Å². The van der Waals surface area contributed by atoms with Crippen LogP contribution in [0.5, 0.6) is 0 Å². The molecule has 25 heavy (non-hydrogen) atoms. The Balaban J connectivity index is 1.90. The van der Waals surface area contributed by atoms with Crippen LogP contribution in [0.25, 0.3) is 22.1 Å². The summed E-state index contributed by atoms with van der Waals surface area (Å²) >= 11 is 0. The van der Waals surface area contributed by atoms with Gasteiger partial charge in [0.15, 0.2) is 0 Å². The van der Waals surface area contributed by atoms with E-state index in [0.717, 1.165) is 9.95 Å². The molecule has 0 radical (unpaired) electrons. The number of nitrogens with zero attached hydrogens (tertiary/aromatic N) is 2. The molecular weight excluding hydrogens is 326 g/mol. The minimum atomic E-state index is -1.12. The number of carbonyl (C=O) groups is 2. The van der Waals surface area contributed by atoms with Crippen LogP contribution in [0.3, 0.4) is 0 Å². The van der Waals surface area contributed by atoms with Crippen LogP contribution in [0.2, 0.25) is 0 Å². The summed E-state index contributed by atoms with van der Waals surface area (Å²) in [6.45, 7) is 3.04. The maximum absolute atomic E-state index is 12.5. The van der Waals surface area contributed by atoms with Gasteiger partial charge in [0.1, 0.15) is 23.7 Å². The molecule has 0 bridgehead atoms. The third kappa shape index (κ3) is 3.10. The first-order valence-electron chi connectivity index (χ1n) is 7.77. The Labute approximate surface area is 142 Å². The van der Waals surface area contributed by atoms with E-state index in [4.69, 9.17) is 9.52 Å². The number of benzene rings is 1. The molecule has 0 saturated heterocycles. The fourth-order valence-corrected chi connectivity index (χ4v) is 2.62. The highest BCUT2D eigenvalue weighted by Gasteiger charge is 2.24. The summed E-state index contributed by atoms with van der Waals surface area (Å²) in [5.74, 6) is -1.99. The molecule has 0 unspecified atom stereocenters. The molecule has 1 amide bonds. The van der Waals surface area contributed by atoms with Crippen molar-refractivity contribution in [3.8, 4) is 0 Å². The van der Waals surface area contributed by atoms with Gasteiger partial charge in [0.25, 0.3) is 5.56 Å². The summed E-state index contributed by atoms with van der Waals surface area (Å²) in [6.07, 6.45) is 1.26.